The van der Waals surface area contributed by atoms with Gasteiger partial charge in [0.25, 0.3) is 0 Å². The molecule has 0 radical (unpaired) electrons. The smallest absolute Gasteiger partial charge is 0.127 e. The molecule has 1 aromatic heterocycles. The van der Waals surface area contributed by atoms with Crippen molar-refractivity contribution >= 4 is 0 Å². The van der Waals surface area contributed by atoms with Crippen LogP contribution in [0, 0.1) is 6.92 Å². The molecule has 0 bridgehead atoms. The fourth-order valence-corrected chi connectivity index (χ4v) is 1.95. The van der Waals surface area contributed by atoms with Crippen LogP contribution in [0.4, 0.5) is 0 Å². The van der Waals surface area contributed by atoms with Crippen LogP contribution >= 0.6 is 0 Å². The molecule has 0 saturated heterocycles. The predicted molar refractivity (Wildman–Crippen MR) is 75.3 cm³/mol. The van der Waals surface area contributed by atoms with Gasteiger partial charge < -0.3 is 4.74 Å². The van der Waals surface area contributed by atoms with Gasteiger partial charge in [0.1, 0.15) is 11.5 Å². The summed E-state index contributed by atoms with van der Waals surface area (Å²) in [5.41, 5.74) is 3.29. The van der Waals surface area contributed by atoms with Crippen LogP contribution in [0.25, 0.3) is 11.3 Å². The molecule has 2 aromatic carbocycles. The SMILES string of the molecule is Cc1cn[nH]c1-c1ccc(Oc2ccccc2)cc1. The molecule has 3 heteroatoms. The van der Waals surface area contributed by atoms with Crippen molar-refractivity contribution < 1.29 is 4.74 Å². The number of H-pyrrole nitrogens is 1. The van der Waals surface area contributed by atoms with Crippen molar-refractivity contribution in [3.05, 3.63) is 66.4 Å². The normalized spacial score (nSPS) is 10.4. The first-order valence-electron chi connectivity index (χ1n) is 6.16. The van der Waals surface area contributed by atoms with E-state index in [1.54, 1.807) is 0 Å². The summed E-state index contributed by atoms with van der Waals surface area (Å²) in [6, 6.07) is 17.7. The summed E-state index contributed by atoms with van der Waals surface area (Å²) in [5, 5.41) is 7.03. The fraction of sp³-hybridized carbons (Fsp3) is 0.0625. The largest absolute Gasteiger partial charge is 0.457 e. The second kappa shape index (κ2) is 4.98. The maximum Gasteiger partial charge on any atom is 0.127 e. The number of aromatic nitrogens is 2. The van der Waals surface area contributed by atoms with Crippen LogP contribution in [-0.4, -0.2) is 10.2 Å². The van der Waals surface area contributed by atoms with Crippen molar-refractivity contribution in [2.45, 2.75) is 6.92 Å². The lowest BCUT2D eigenvalue weighted by Crippen LogP contribution is -1.85. The quantitative estimate of drug-likeness (QED) is 0.757. The first-order valence-corrected chi connectivity index (χ1v) is 6.16. The fourth-order valence-electron chi connectivity index (χ4n) is 1.95. The molecule has 0 amide bonds. The molecule has 0 spiro atoms. The highest BCUT2D eigenvalue weighted by Gasteiger charge is 2.04. The van der Waals surface area contributed by atoms with Crippen LogP contribution in [0.15, 0.2) is 60.8 Å². The van der Waals surface area contributed by atoms with E-state index < -0.39 is 0 Å². The van der Waals surface area contributed by atoms with E-state index in [9.17, 15) is 0 Å². The molecule has 0 unspecified atom stereocenters. The molecule has 0 atom stereocenters. The maximum atomic E-state index is 5.76. The third-order valence-corrected chi connectivity index (χ3v) is 2.95. The monoisotopic (exact) mass is 250 g/mol. The lowest BCUT2D eigenvalue weighted by atomic mass is 10.1. The molecule has 19 heavy (non-hydrogen) atoms. The summed E-state index contributed by atoms with van der Waals surface area (Å²) in [6.45, 7) is 2.03. The Morgan fingerprint density at radius 1 is 0.895 bits per heavy atom. The third-order valence-electron chi connectivity index (χ3n) is 2.95. The number of rotatable bonds is 3. The van der Waals surface area contributed by atoms with Crippen molar-refractivity contribution in [2.75, 3.05) is 0 Å². The van der Waals surface area contributed by atoms with Crippen LogP contribution in [0.5, 0.6) is 11.5 Å². The van der Waals surface area contributed by atoms with Crippen molar-refractivity contribution in [2.24, 2.45) is 0 Å². The van der Waals surface area contributed by atoms with Gasteiger partial charge in [0, 0.05) is 5.56 Å². The zero-order valence-corrected chi connectivity index (χ0v) is 10.6. The van der Waals surface area contributed by atoms with E-state index >= 15 is 0 Å². The van der Waals surface area contributed by atoms with Gasteiger partial charge in [0.15, 0.2) is 0 Å². The van der Waals surface area contributed by atoms with E-state index in [0.29, 0.717) is 0 Å². The van der Waals surface area contributed by atoms with Crippen molar-refractivity contribution in [3.63, 3.8) is 0 Å². The Morgan fingerprint density at radius 2 is 1.58 bits per heavy atom. The minimum Gasteiger partial charge on any atom is -0.457 e. The Labute approximate surface area is 111 Å². The molecule has 1 heterocycles. The maximum absolute atomic E-state index is 5.76. The van der Waals surface area contributed by atoms with E-state index in [0.717, 1.165) is 28.3 Å². The Morgan fingerprint density at radius 3 is 2.21 bits per heavy atom. The van der Waals surface area contributed by atoms with Gasteiger partial charge in [-0.1, -0.05) is 18.2 Å². The highest BCUT2D eigenvalue weighted by atomic mass is 16.5. The van der Waals surface area contributed by atoms with Gasteiger partial charge in [-0.3, -0.25) is 5.10 Å². The summed E-state index contributed by atoms with van der Waals surface area (Å²) in [4.78, 5) is 0. The van der Waals surface area contributed by atoms with Crippen LogP contribution in [-0.2, 0) is 0 Å². The highest BCUT2D eigenvalue weighted by Crippen LogP contribution is 2.25. The van der Waals surface area contributed by atoms with E-state index in [1.165, 1.54) is 0 Å². The molecule has 0 aliphatic rings. The zero-order valence-electron chi connectivity index (χ0n) is 10.6. The second-order valence-electron chi connectivity index (χ2n) is 4.37. The van der Waals surface area contributed by atoms with Gasteiger partial charge in [0.05, 0.1) is 11.9 Å². The zero-order chi connectivity index (χ0) is 13.1. The Balaban J connectivity index is 1.82. The van der Waals surface area contributed by atoms with Gasteiger partial charge in [-0.25, -0.2) is 0 Å². The van der Waals surface area contributed by atoms with Crippen LogP contribution < -0.4 is 4.74 Å². The molecule has 3 nitrogen and oxygen atoms in total. The van der Waals surface area contributed by atoms with Crippen LogP contribution in [0.3, 0.4) is 0 Å². The predicted octanol–water partition coefficient (Wildman–Crippen LogP) is 4.18. The van der Waals surface area contributed by atoms with Gasteiger partial charge in [-0.2, -0.15) is 5.10 Å². The lowest BCUT2D eigenvalue weighted by Gasteiger charge is -2.06. The number of nitrogens with zero attached hydrogens (tertiary/aromatic N) is 1. The van der Waals surface area contributed by atoms with E-state index in [-0.39, 0.29) is 0 Å². The van der Waals surface area contributed by atoms with Gasteiger partial charge in [-0.15, -0.1) is 0 Å². The van der Waals surface area contributed by atoms with Crippen LogP contribution in [0.2, 0.25) is 0 Å². The molecule has 0 aliphatic carbocycles. The van der Waals surface area contributed by atoms with Gasteiger partial charge in [0.2, 0.25) is 0 Å². The standard InChI is InChI=1S/C16H14N2O/c1-12-11-17-18-16(12)13-7-9-15(10-8-13)19-14-5-3-2-4-6-14/h2-11H,1H3,(H,17,18). The number of aryl methyl sites for hydroxylation is 1. The number of hydrogen-bond donors (Lipinski definition) is 1. The summed E-state index contributed by atoms with van der Waals surface area (Å²) < 4.78 is 5.76. The van der Waals surface area contributed by atoms with Gasteiger partial charge >= 0.3 is 0 Å². The Hall–Kier alpha value is -2.55. The lowest BCUT2D eigenvalue weighted by molar-refractivity contribution is 0.483. The second-order valence-corrected chi connectivity index (χ2v) is 4.37. The number of aromatic amines is 1. The third kappa shape index (κ3) is 2.50. The molecule has 0 aliphatic heterocycles. The number of hydrogen-bond acceptors (Lipinski definition) is 2. The molecule has 3 rings (SSSR count). The summed E-state index contributed by atoms with van der Waals surface area (Å²) in [7, 11) is 0. The molecule has 3 aromatic rings. The average molecular weight is 250 g/mol. The number of para-hydroxylation sites is 1. The topological polar surface area (TPSA) is 37.9 Å². The van der Waals surface area contributed by atoms with Crippen LogP contribution in [0.1, 0.15) is 5.56 Å². The van der Waals surface area contributed by atoms with E-state index in [4.69, 9.17) is 4.74 Å². The number of nitrogens with one attached hydrogen (secondary N) is 1. The summed E-state index contributed by atoms with van der Waals surface area (Å²) >= 11 is 0. The average Bonchev–Trinajstić information content (AvgIpc) is 2.87. The minimum absolute atomic E-state index is 0.826. The van der Waals surface area contributed by atoms with Crippen molar-refractivity contribution in [3.8, 4) is 22.8 Å². The molecular formula is C16H14N2O. The first kappa shape index (κ1) is 11.5. The summed E-state index contributed by atoms with van der Waals surface area (Å²) in [6.07, 6.45) is 1.82. The van der Waals surface area contributed by atoms with E-state index in [2.05, 4.69) is 10.2 Å². The minimum atomic E-state index is 0.826. The highest BCUT2D eigenvalue weighted by molar-refractivity contribution is 5.63. The van der Waals surface area contributed by atoms with E-state index in [1.807, 2.05) is 67.7 Å². The van der Waals surface area contributed by atoms with Gasteiger partial charge in [-0.05, 0) is 48.9 Å². The molecule has 0 fully saturated rings. The van der Waals surface area contributed by atoms with Crippen molar-refractivity contribution in [1.82, 2.24) is 10.2 Å². The number of benzene rings is 2. The number of ether oxygens (including phenoxy) is 1. The molecule has 94 valence electrons. The van der Waals surface area contributed by atoms with Crippen molar-refractivity contribution in [1.29, 1.82) is 0 Å². The Bertz CT molecular complexity index is 657. The first-order chi connectivity index (χ1) is 9.33. The summed E-state index contributed by atoms with van der Waals surface area (Å²) in [5.74, 6) is 1.67. The Kier molecular flexibility index (Phi) is 3.02. The molecular weight excluding hydrogens is 236 g/mol. The molecule has 1 N–H and O–H groups in total. The molecule has 0 saturated carbocycles.